The molecule has 0 aromatic heterocycles. The molecule has 1 amide bonds. The van der Waals surface area contributed by atoms with Gasteiger partial charge in [-0.05, 0) is 16.7 Å². The van der Waals surface area contributed by atoms with Crippen LogP contribution < -0.4 is 16.6 Å². The summed E-state index contributed by atoms with van der Waals surface area (Å²) in [6.45, 7) is 6.96. The fraction of sp³-hybridized carbons (Fsp3) is 0.435. The van der Waals surface area contributed by atoms with Gasteiger partial charge in [0.15, 0.2) is 0 Å². The number of piperazine rings is 1. The van der Waals surface area contributed by atoms with Crippen LogP contribution in [-0.2, 0) is 4.79 Å². The van der Waals surface area contributed by atoms with E-state index in [1.165, 1.54) is 16.7 Å². The maximum atomic E-state index is 11.0. The zero-order valence-corrected chi connectivity index (χ0v) is 16.9. The van der Waals surface area contributed by atoms with Gasteiger partial charge in [-0.3, -0.25) is 10.2 Å². The van der Waals surface area contributed by atoms with Gasteiger partial charge in [0.1, 0.15) is 0 Å². The average molecular weight is 394 g/mol. The molecule has 2 aromatic carbocycles. The van der Waals surface area contributed by atoms with Crippen LogP contribution in [0.3, 0.4) is 0 Å². The Morgan fingerprint density at radius 1 is 0.931 bits per heavy atom. The lowest BCUT2D eigenvalue weighted by Crippen LogP contribution is -2.48. The molecule has 0 spiro atoms. The summed E-state index contributed by atoms with van der Waals surface area (Å²) in [7, 11) is 0. The van der Waals surface area contributed by atoms with E-state index in [1.807, 2.05) is 6.07 Å². The summed E-state index contributed by atoms with van der Waals surface area (Å²) in [5.41, 5.74) is 15.9. The van der Waals surface area contributed by atoms with E-state index in [2.05, 4.69) is 69.2 Å². The number of carbonyl (C=O) groups is 1. The predicted molar refractivity (Wildman–Crippen MR) is 116 cm³/mol. The van der Waals surface area contributed by atoms with Crippen molar-refractivity contribution in [3.63, 3.8) is 0 Å². The van der Waals surface area contributed by atoms with E-state index in [9.17, 15) is 4.79 Å². The number of rotatable bonds is 7. The van der Waals surface area contributed by atoms with Crippen molar-refractivity contribution >= 4 is 5.91 Å². The number of amides is 1. The van der Waals surface area contributed by atoms with Crippen LogP contribution in [-0.4, -0.2) is 61.5 Å². The largest absolute Gasteiger partial charge is 0.370 e. The zero-order chi connectivity index (χ0) is 20.1. The van der Waals surface area contributed by atoms with Crippen molar-refractivity contribution in [2.24, 2.45) is 11.7 Å². The second kappa shape index (κ2) is 9.50. The van der Waals surface area contributed by atoms with Crippen molar-refractivity contribution in [1.82, 2.24) is 20.7 Å². The summed E-state index contributed by atoms with van der Waals surface area (Å²) >= 11 is 0. The molecule has 2 fully saturated rings. The number of hydrogen-bond acceptors (Lipinski definition) is 5. The van der Waals surface area contributed by atoms with Gasteiger partial charge in [0.2, 0.25) is 5.91 Å². The second-order valence-electron chi connectivity index (χ2n) is 8.11. The Kier molecular flexibility index (Phi) is 6.56. The lowest BCUT2D eigenvalue weighted by molar-refractivity contribution is -0.118. The first-order chi connectivity index (χ1) is 14.2. The molecule has 2 heterocycles. The molecule has 0 saturated carbocycles. The van der Waals surface area contributed by atoms with E-state index in [0.717, 1.165) is 45.8 Å². The molecule has 2 unspecified atom stereocenters. The van der Waals surface area contributed by atoms with Crippen LogP contribution in [0.25, 0.3) is 11.1 Å². The van der Waals surface area contributed by atoms with E-state index in [4.69, 9.17) is 5.73 Å². The van der Waals surface area contributed by atoms with E-state index in [-0.39, 0.29) is 5.91 Å². The molecule has 29 heavy (non-hydrogen) atoms. The minimum atomic E-state index is -0.211. The molecule has 6 heteroatoms. The van der Waals surface area contributed by atoms with E-state index < -0.39 is 0 Å². The van der Waals surface area contributed by atoms with Gasteiger partial charge in [0, 0.05) is 58.2 Å². The van der Waals surface area contributed by atoms with Gasteiger partial charge in [-0.1, -0.05) is 54.6 Å². The maximum absolute atomic E-state index is 11.0. The summed E-state index contributed by atoms with van der Waals surface area (Å²) in [5, 5.41) is 0. The third-order valence-corrected chi connectivity index (χ3v) is 6.10. The molecule has 2 aliphatic heterocycles. The van der Waals surface area contributed by atoms with Gasteiger partial charge in [-0.2, -0.15) is 0 Å². The molecule has 0 radical (unpaired) electrons. The van der Waals surface area contributed by atoms with Gasteiger partial charge in [0.05, 0.1) is 6.04 Å². The van der Waals surface area contributed by atoms with Crippen LogP contribution in [0.5, 0.6) is 0 Å². The number of hydrazine groups is 1. The third kappa shape index (κ3) is 5.22. The normalized spacial score (nSPS) is 23.3. The predicted octanol–water partition coefficient (Wildman–Crippen LogP) is 1.61. The quantitative estimate of drug-likeness (QED) is 0.667. The van der Waals surface area contributed by atoms with Gasteiger partial charge in [-0.25, -0.2) is 5.43 Å². The first-order valence-electron chi connectivity index (χ1n) is 10.6. The summed E-state index contributed by atoms with van der Waals surface area (Å²) in [6.07, 6.45) is 0.456. The molecule has 2 saturated heterocycles. The molecule has 4 rings (SSSR count). The number of benzene rings is 2. The molecule has 0 aliphatic carbocycles. The smallest absolute Gasteiger partial charge is 0.218 e. The minimum Gasteiger partial charge on any atom is -0.370 e. The first-order valence-corrected chi connectivity index (χ1v) is 10.6. The number of primary amides is 1. The average Bonchev–Trinajstić information content (AvgIpc) is 3.22. The fourth-order valence-corrected chi connectivity index (χ4v) is 4.37. The zero-order valence-electron chi connectivity index (χ0n) is 16.9. The van der Waals surface area contributed by atoms with Crippen LogP contribution >= 0.6 is 0 Å². The van der Waals surface area contributed by atoms with Crippen LogP contribution in [0.15, 0.2) is 54.6 Å². The molecule has 2 atom stereocenters. The highest BCUT2D eigenvalue weighted by molar-refractivity contribution is 5.73. The fourth-order valence-electron chi connectivity index (χ4n) is 4.37. The molecule has 4 N–H and O–H groups in total. The van der Waals surface area contributed by atoms with Crippen molar-refractivity contribution in [2.75, 3.05) is 45.8 Å². The summed E-state index contributed by atoms with van der Waals surface area (Å²) in [5.74, 6) is 0.325. The number of nitrogens with two attached hydrogens (primary N) is 1. The Balaban J connectivity index is 1.32. The SMILES string of the molecule is NC(=O)CCN1CCN(CC2CNNC2c2ccc(-c3ccccc3)cc2)CC1. The Hall–Kier alpha value is -2.25. The molecular weight excluding hydrogens is 362 g/mol. The second-order valence-corrected chi connectivity index (χ2v) is 8.11. The number of nitrogens with zero attached hydrogens (tertiary/aromatic N) is 2. The molecule has 154 valence electrons. The molecular formula is C23H31N5O. The van der Waals surface area contributed by atoms with Gasteiger partial charge in [-0.15, -0.1) is 0 Å². The standard InChI is InChI=1S/C23H31N5O/c24-22(29)10-11-27-12-14-28(15-13-27)17-21-16-25-26-23(21)20-8-6-19(7-9-20)18-4-2-1-3-5-18/h1-9,21,23,25-26H,10-17H2,(H2,24,29). The highest BCUT2D eigenvalue weighted by Crippen LogP contribution is 2.28. The monoisotopic (exact) mass is 393 g/mol. The molecule has 0 bridgehead atoms. The topological polar surface area (TPSA) is 73.6 Å². The van der Waals surface area contributed by atoms with Gasteiger partial charge >= 0.3 is 0 Å². The van der Waals surface area contributed by atoms with Crippen molar-refractivity contribution in [3.8, 4) is 11.1 Å². The number of nitrogens with one attached hydrogen (secondary N) is 2. The van der Waals surface area contributed by atoms with Crippen LogP contribution in [0.4, 0.5) is 0 Å². The van der Waals surface area contributed by atoms with Crippen LogP contribution in [0.1, 0.15) is 18.0 Å². The lowest BCUT2D eigenvalue weighted by Gasteiger charge is -2.36. The lowest BCUT2D eigenvalue weighted by atomic mass is 9.92. The minimum absolute atomic E-state index is 0.211. The third-order valence-electron chi connectivity index (χ3n) is 6.10. The van der Waals surface area contributed by atoms with E-state index >= 15 is 0 Å². The summed E-state index contributed by atoms with van der Waals surface area (Å²) in [4.78, 5) is 15.9. The van der Waals surface area contributed by atoms with Crippen molar-refractivity contribution in [3.05, 3.63) is 60.2 Å². The maximum Gasteiger partial charge on any atom is 0.218 e. The van der Waals surface area contributed by atoms with E-state index in [0.29, 0.717) is 18.4 Å². The van der Waals surface area contributed by atoms with Crippen molar-refractivity contribution in [2.45, 2.75) is 12.5 Å². The molecule has 6 nitrogen and oxygen atoms in total. The van der Waals surface area contributed by atoms with Crippen LogP contribution in [0, 0.1) is 5.92 Å². The number of hydrogen-bond donors (Lipinski definition) is 3. The number of carbonyl (C=O) groups excluding carboxylic acids is 1. The van der Waals surface area contributed by atoms with Gasteiger partial charge in [0.25, 0.3) is 0 Å². The Morgan fingerprint density at radius 3 is 2.28 bits per heavy atom. The van der Waals surface area contributed by atoms with E-state index in [1.54, 1.807) is 0 Å². The highest BCUT2D eigenvalue weighted by Gasteiger charge is 2.30. The highest BCUT2D eigenvalue weighted by atomic mass is 16.1. The summed E-state index contributed by atoms with van der Waals surface area (Å²) in [6, 6.07) is 19.8. The Morgan fingerprint density at radius 2 is 1.59 bits per heavy atom. The summed E-state index contributed by atoms with van der Waals surface area (Å²) < 4.78 is 0. The van der Waals surface area contributed by atoms with Gasteiger partial charge < -0.3 is 15.5 Å². The molecule has 2 aromatic rings. The Bertz CT molecular complexity index is 787. The molecule has 2 aliphatic rings. The first kappa shape index (κ1) is 20.0. The van der Waals surface area contributed by atoms with Crippen molar-refractivity contribution < 1.29 is 4.79 Å². The van der Waals surface area contributed by atoms with Crippen molar-refractivity contribution in [1.29, 1.82) is 0 Å². The van der Waals surface area contributed by atoms with Crippen LogP contribution in [0.2, 0.25) is 0 Å². The Labute approximate surface area is 173 Å².